The second kappa shape index (κ2) is 3.40. The van der Waals surface area contributed by atoms with E-state index in [1.165, 1.54) is 16.9 Å². The average Bonchev–Trinajstić information content (AvgIpc) is 2.65. The number of aryl methyl sites for hydroxylation is 1. The molecule has 72 valence electrons. The molecule has 3 N–H and O–H groups in total. The van der Waals surface area contributed by atoms with Crippen molar-refractivity contribution in [3.05, 3.63) is 21.9 Å². The van der Waals surface area contributed by atoms with Gasteiger partial charge in [0, 0.05) is 4.88 Å². The lowest BCUT2D eigenvalue weighted by Gasteiger charge is -2.14. The molecule has 3 heteroatoms. The second-order valence-electron chi connectivity index (χ2n) is 3.99. The van der Waals surface area contributed by atoms with Crippen LogP contribution in [0.3, 0.4) is 0 Å². The van der Waals surface area contributed by atoms with Crippen LogP contribution in [0.1, 0.15) is 29.8 Å². The molecule has 0 spiro atoms. The van der Waals surface area contributed by atoms with Crippen LogP contribution >= 0.6 is 11.3 Å². The van der Waals surface area contributed by atoms with Crippen molar-refractivity contribution in [2.45, 2.75) is 26.3 Å². The lowest BCUT2D eigenvalue weighted by Crippen LogP contribution is -2.29. The highest BCUT2D eigenvalue weighted by Crippen LogP contribution is 2.48. The van der Waals surface area contributed by atoms with E-state index in [-0.39, 0.29) is 0 Å². The van der Waals surface area contributed by atoms with Gasteiger partial charge in [0.05, 0.1) is 6.04 Å². The van der Waals surface area contributed by atoms with Crippen molar-refractivity contribution in [1.29, 1.82) is 0 Å². The van der Waals surface area contributed by atoms with Crippen molar-refractivity contribution in [2.75, 3.05) is 0 Å². The Morgan fingerprint density at radius 3 is 2.77 bits per heavy atom. The van der Waals surface area contributed by atoms with Gasteiger partial charge in [0.2, 0.25) is 0 Å². The van der Waals surface area contributed by atoms with E-state index >= 15 is 0 Å². The Kier molecular flexibility index (Phi) is 2.41. The van der Waals surface area contributed by atoms with E-state index in [0.717, 1.165) is 11.8 Å². The Morgan fingerprint density at radius 1 is 1.69 bits per heavy atom. The van der Waals surface area contributed by atoms with Gasteiger partial charge in [-0.05, 0) is 42.2 Å². The Morgan fingerprint density at radius 2 is 2.38 bits per heavy atom. The van der Waals surface area contributed by atoms with E-state index in [9.17, 15) is 0 Å². The number of rotatable bonds is 3. The molecule has 2 rings (SSSR count). The summed E-state index contributed by atoms with van der Waals surface area (Å²) in [6, 6.07) is 2.55. The van der Waals surface area contributed by atoms with E-state index in [1.807, 2.05) is 11.3 Å². The highest BCUT2D eigenvalue weighted by atomic mass is 32.1. The lowest BCUT2D eigenvalue weighted by atomic mass is 10.1. The van der Waals surface area contributed by atoms with Gasteiger partial charge in [0.15, 0.2) is 0 Å². The molecule has 2 nitrogen and oxygen atoms in total. The molecule has 0 saturated heterocycles. The normalized spacial score (nSPS) is 28.8. The maximum atomic E-state index is 5.59. The summed E-state index contributed by atoms with van der Waals surface area (Å²) < 4.78 is 0. The predicted octanol–water partition coefficient (Wildman–Crippen LogP) is 2.22. The fourth-order valence-electron chi connectivity index (χ4n) is 1.91. The maximum Gasteiger partial charge on any atom is 0.0586 e. The molecule has 0 radical (unpaired) electrons. The molecule has 0 bridgehead atoms. The number of hydrogen-bond donors (Lipinski definition) is 2. The van der Waals surface area contributed by atoms with Gasteiger partial charge >= 0.3 is 0 Å². The van der Waals surface area contributed by atoms with Gasteiger partial charge in [-0.25, -0.2) is 0 Å². The number of nitrogens with one attached hydrogen (secondary N) is 1. The number of hydrogen-bond acceptors (Lipinski definition) is 3. The molecule has 0 aromatic carbocycles. The topological polar surface area (TPSA) is 38.0 Å². The molecule has 0 amide bonds. The van der Waals surface area contributed by atoms with Crippen LogP contribution in [0.2, 0.25) is 0 Å². The third-order valence-corrected chi connectivity index (χ3v) is 4.07. The van der Waals surface area contributed by atoms with Gasteiger partial charge in [-0.3, -0.25) is 11.3 Å². The Hall–Kier alpha value is -0.380. The minimum atomic E-state index is 0.384. The summed E-state index contributed by atoms with van der Waals surface area (Å²) in [5.41, 5.74) is 4.32. The van der Waals surface area contributed by atoms with Crippen LogP contribution in [0, 0.1) is 18.8 Å². The molecule has 3 atom stereocenters. The fraction of sp³-hybridized carbons (Fsp3) is 0.600. The average molecular weight is 196 g/mol. The first-order valence-corrected chi connectivity index (χ1v) is 5.62. The summed E-state index contributed by atoms with van der Waals surface area (Å²) >= 11 is 1.81. The Bertz CT molecular complexity index is 295. The first kappa shape index (κ1) is 9.19. The molecule has 1 aliphatic rings. The number of nitrogens with two attached hydrogens (primary N) is 1. The largest absolute Gasteiger partial charge is 0.271 e. The molecule has 1 saturated carbocycles. The van der Waals surface area contributed by atoms with Gasteiger partial charge in [-0.2, -0.15) is 0 Å². The van der Waals surface area contributed by atoms with Gasteiger partial charge in [0.25, 0.3) is 0 Å². The Balaban J connectivity index is 2.17. The van der Waals surface area contributed by atoms with Gasteiger partial charge in [0.1, 0.15) is 0 Å². The Labute approximate surface area is 83.1 Å². The minimum Gasteiger partial charge on any atom is -0.271 e. The summed E-state index contributed by atoms with van der Waals surface area (Å²) in [6.45, 7) is 4.45. The monoisotopic (exact) mass is 196 g/mol. The molecule has 1 aromatic heterocycles. The molecule has 1 heterocycles. The van der Waals surface area contributed by atoms with Crippen molar-refractivity contribution < 1.29 is 0 Å². The second-order valence-corrected chi connectivity index (χ2v) is 4.94. The van der Waals surface area contributed by atoms with Crippen molar-refractivity contribution in [2.24, 2.45) is 17.7 Å². The third kappa shape index (κ3) is 1.64. The van der Waals surface area contributed by atoms with Crippen LogP contribution in [0.4, 0.5) is 0 Å². The van der Waals surface area contributed by atoms with Gasteiger partial charge < -0.3 is 0 Å². The maximum absolute atomic E-state index is 5.59. The zero-order chi connectivity index (χ0) is 9.42. The summed E-state index contributed by atoms with van der Waals surface area (Å²) in [7, 11) is 0. The highest BCUT2D eigenvalue weighted by molar-refractivity contribution is 7.10. The first-order chi connectivity index (χ1) is 6.24. The zero-order valence-corrected chi connectivity index (χ0v) is 8.90. The van der Waals surface area contributed by atoms with Crippen molar-refractivity contribution in [3.63, 3.8) is 0 Å². The molecule has 1 aliphatic carbocycles. The van der Waals surface area contributed by atoms with E-state index in [2.05, 4.69) is 30.7 Å². The summed E-state index contributed by atoms with van der Waals surface area (Å²) in [5.74, 6) is 7.18. The summed E-state index contributed by atoms with van der Waals surface area (Å²) in [6.07, 6.45) is 1.31. The first-order valence-electron chi connectivity index (χ1n) is 4.74. The number of hydrazine groups is 1. The lowest BCUT2D eigenvalue weighted by molar-refractivity contribution is 0.481. The predicted molar refractivity (Wildman–Crippen MR) is 56.4 cm³/mol. The van der Waals surface area contributed by atoms with Crippen molar-refractivity contribution >= 4 is 11.3 Å². The molecule has 3 unspecified atom stereocenters. The van der Waals surface area contributed by atoms with Crippen molar-refractivity contribution in [3.8, 4) is 0 Å². The van der Waals surface area contributed by atoms with Crippen LogP contribution in [0.5, 0.6) is 0 Å². The van der Waals surface area contributed by atoms with Crippen LogP contribution in [-0.2, 0) is 0 Å². The van der Waals surface area contributed by atoms with E-state index in [4.69, 9.17) is 5.84 Å². The summed E-state index contributed by atoms with van der Waals surface area (Å²) in [4.78, 5) is 1.41. The van der Waals surface area contributed by atoms with Crippen LogP contribution < -0.4 is 11.3 Å². The SMILES string of the molecule is Cc1ccsc1C(NN)C1CC1C. The molecule has 1 aromatic rings. The fourth-order valence-corrected chi connectivity index (χ4v) is 2.97. The summed E-state index contributed by atoms with van der Waals surface area (Å²) in [5, 5.41) is 2.14. The minimum absolute atomic E-state index is 0.384. The van der Waals surface area contributed by atoms with E-state index in [0.29, 0.717) is 6.04 Å². The molecular weight excluding hydrogens is 180 g/mol. The van der Waals surface area contributed by atoms with Gasteiger partial charge in [-0.1, -0.05) is 6.92 Å². The highest BCUT2D eigenvalue weighted by Gasteiger charge is 2.40. The van der Waals surface area contributed by atoms with Gasteiger partial charge in [-0.15, -0.1) is 11.3 Å². The molecular formula is C10H16N2S. The van der Waals surface area contributed by atoms with E-state index in [1.54, 1.807) is 0 Å². The zero-order valence-electron chi connectivity index (χ0n) is 8.08. The molecule has 0 aliphatic heterocycles. The molecule has 1 fully saturated rings. The van der Waals surface area contributed by atoms with E-state index < -0.39 is 0 Å². The molecule has 13 heavy (non-hydrogen) atoms. The van der Waals surface area contributed by atoms with Crippen LogP contribution in [0.15, 0.2) is 11.4 Å². The third-order valence-electron chi connectivity index (χ3n) is 2.96. The number of thiophene rings is 1. The van der Waals surface area contributed by atoms with Crippen LogP contribution in [-0.4, -0.2) is 0 Å². The standard InChI is InChI=1S/C10H16N2S/c1-6-3-4-13-10(6)9(12-11)8-5-7(8)2/h3-4,7-9,12H,5,11H2,1-2H3. The quantitative estimate of drug-likeness (QED) is 0.574. The smallest absolute Gasteiger partial charge is 0.0586 e. The van der Waals surface area contributed by atoms with Crippen molar-refractivity contribution in [1.82, 2.24) is 5.43 Å². The van der Waals surface area contributed by atoms with Crippen LogP contribution in [0.25, 0.3) is 0 Å².